The molecule has 180 valence electrons. The molecule has 3 aromatic carbocycles. The topological polar surface area (TPSA) is 76.1 Å². The van der Waals surface area contributed by atoms with Gasteiger partial charge in [-0.15, -0.1) is 0 Å². The minimum atomic E-state index is -1.03. The zero-order chi connectivity index (χ0) is 25.4. The Morgan fingerprint density at radius 1 is 0.971 bits per heavy atom. The summed E-state index contributed by atoms with van der Waals surface area (Å²) in [5, 5.41) is 11.2. The largest absolute Gasteiger partial charge is 0.507 e. The summed E-state index contributed by atoms with van der Waals surface area (Å²) >= 11 is 5.99. The predicted octanol–water partition coefficient (Wildman–Crippen LogP) is 5.74. The zero-order valence-electron chi connectivity index (χ0n) is 19.6. The van der Waals surface area contributed by atoms with Gasteiger partial charge in [0.05, 0.1) is 30.9 Å². The van der Waals surface area contributed by atoms with Gasteiger partial charge in [-0.25, -0.2) is 4.39 Å². The van der Waals surface area contributed by atoms with E-state index in [9.17, 15) is 19.1 Å². The van der Waals surface area contributed by atoms with Crippen molar-refractivity contribution in [3.05, 3.63) is 93.3 Å². The van der Waals surface area contributed by atoms with Crippen LogP contribution in [0, 0.1) is 19.7 Å². The Hall–Kier alpha value is -3.84. The van der Waals surface area contributed by atoms with Gasteiger partial charge in [-0.2, -0.15) is 0 Å². The lowest BCUT2D eigenvalue weighted by Gasteiger charge is -2.26. The van der Waals surface area contributed by atoms with E-state index in [1.54, 1.807) is 31.2 Å². The fourth-order valence-electron chi connectivity index (χ4n) is 4.21. The van der Waals surface area contributed by atoms with Crippen LogP contribution in [0.5, 0.6) is 11.5 Å². The Morgan fingerprint density at radius 2 is 1.69 bits per heavy atom. The highest BCUT2D eigenvalue weighted by Crippen LogP contribution is 2.45. The van der Waals surface area contributed by atoms with E-state index in [0.717, 1.165) is 17.2 Å². The summed E-state index contributed by atoms with van der Waals surface area (Å²) in [4.78, 5) is 27.8. The molecule has 1 fully saturated rings. The average molecular weight is 496 g/mol. The first kappa shape index (κ1) is 24.3. The van der Waals surface area contributed by atoms with Crippen LogP contribution in [-0.4, -0.2) is 31.0 Å². The maximum Gasteiger partial charge on any atom is 0.300 e. The molecular formula is C27H23ClFNO5. The van der Waals surface area contributed by atoms with Crippen molar-refractivity contribution in [2.24, 2.45) is 0 Å². The molecule has 1 atom stereocenters. The molecular weight excluding hydrogens is 473 g/mol. The van der Waals surface area contributed by atoms with Crippen LogP contribution in [0.1, 0.15) is 28.3 Å². The van der Waals surface area contributed by atoms with Crippen molar-refractivity contribution in [1.29, 1.82) is 0 Å². The third kappa shape index (κ3) is 4.23. The lowest BCUT2D eigenvalue weighted by molar-refractivity contribution is -0.132. The average Bonchev–Trinajstić information content (AvgIpc) is 3.11. The molecule has 1 N–H and O–H groups in total. The second kappa shape index (κ2) is 9.43. The number of methoxy groups -OCH3 is 2. The van der Waals surface area contributed by atoms with E-state index in [2.05, 4.69) is 0 Å². The maximum absolute atomic E-state index is 13.9. The molecule has 1 aliphatic rings. The van der Waals surface area contributed by atoms with E-state index in [-0.39, 0.29) is 22.0 Å². The van der Waals surface area contributed by atoms with Gasteiger partial charge in [0.15, 0.2) is 11.5 Å². The lowest BCUT2D eigenvalue weighted by atomic mass is 9.93. The van der Waals surface area contributed by atoms with E-state index >= 15 is 0 Å². The van der Waals surface area contributed by atoms with E-state index in [1.165, 1.54) is 31.3 Å². The van der Waals surface area contributed by atoms with Crippen LogP contribution in [0.4, 0.5) is 10.1 Å². The third-order valence-corrected chi connectivity index (χ3v) is 6.29. The summed E-state index contributed by atoms with van der Waals surface area (Å²) in [6, 6.07) is 13.1. The molecule has 0 bridgehead atoms. The number of amides is 1. The van der Waals surface area contributed by atoms with Crippen LogP contribution in [0.25, 0.3) is 5.76 Å². The number of aryl methyl sites for hydroxylation is 2. The van der Waals surface area contributed by atoms with Gasteiger partial charge in [-0.1, -0.05) is 35.4 Å². The molecule has 1 amide bonds. The van der Waals surface area contributed by atoms with Gasteiger partial charge < -0.3 is 14.6 Å². The number of aliphatic hydroxyl groups is 1. The minimum absolute atomic E-state index is 0.101. The summed E-state index contributed by atoms with van der Waals surface area (Å²) in [6.07, 6.45) is 0. The summed E-state index contributed by atoms with van der Waals surface area (Å²) in [6.45, 7) is 3.66. The fraction of sp³-hybridized carbons (Fsp3) is 0.185. The van der Waals surface area contributed by atoms with Crippen LogP contribution >= 0.6 is 11.6 Å². The van der Waals surface area contributed by atoms with Gasteiger partial charge in [-0.3, -0.25) is 14.5 Å². The van der Waals surface area contributed by atoms with Crippen molar-refractivity contribution in [1.82, 2.24) is 0 Å². The molecule has 1 saturated heterocycles. The number of benzene rings is 3. The SMILES string of the molecule is COc1ccc(C2/C(=C(\O)c3cc(C)ccc3C)C(=O)C(=O)N2c2ccc(F)c(Cl)c2)cc1OC. The Kier molecular flexibility index (Phi) is 6.54. The van der Waals surface area contributed by atoms with Gasteiger partial charge in [-0.05, 0) is 61.4 Å². The molecule has 8 heteroatoms. The van der Waals surface area contributed by atoms with Crippen molar-refractivity contribution in [3.63, 3.8) is 0 Å². The molecule has 3 aromatic rings. The van der Waals surface area contributed by atoms with E-state index in [0.29, 0.717) is 22.6 Å². The number of hydrogen-bond acceptors (Lipinski definition) is 5. The second-order valence-corrected chi connectivity index (χ2v) is 8.61. The Morgan fingerprint density at radius 3 is 2.34 bits per heavy atom. The quantitative estimate of drug-likeness (QED) is 0.277. The molecule has 0 saturated carbocycles. The van der Waals surface area contributed by atoms with Crippen molar-refractivity contribution >= 4 is 34.7 Å². The number of carbonyl (C=O) groups is 2. The van der Waals surface area contributed by atoms with Crippen LogP contribution in [0.15, 0.2) is 60.2 Å². The maximum atomic E-state index is 13.9. The van der Waals surface area contributed by atoms with Gasteiger partial charge in [0.25, 0.3) is 11.7 Å². The van der Waals surface area contributed by atoms with Crippen LogP contribution in [-0.2, 0) is 9.59 Å². The highest BCUT2D eigenvalue weighted by molar-refractivity contribution is 6.51. The number of anilines is 1. The first-order chi connectivity index (χ1) is 16.7. The molecule has 0 spiro atoms. The number of aliphatic hydroxyl groups excluding tert-OH is 1. The molecule has 0 aliphatic carbocycles. The summed E-state index contributed by atoms with van der Waals surface area (Å²) in [7, 11) is 2.96. The zero-order valence-corrected chi connectivity index (χ0v) is 20.3. The number of nitrogens with zero attached hydrogens (tertiary/aromatic N) is 1. The smallest absolute Gasteiger partial charge is 0.300 e. The van der Waals surface area contributed by atoms with Gasteiger partial charge in [0.1, 0.15) is 11.6 Å². The van der Waals surface area contributed by atoms with Crippen molar-refractivity contribution < 1.29 is 28.6 Å². The van der Waals surface area contributed by atoms with Gasteiger partial charge in [0, 0.05) is 11.3 Å². The summed E-state index contributed by atoms with van der Waals surface area (Å²) in [5.74, 6) is -1.89. The molecule has 1 unspecified atom stereocenters. The third-order valence-electron chi connectivity index (χ3n) is 6.00. The molecule has 1 heterocycles. The number of ketones is 1. The molecule has 0 radical (unpaired) electrons. The number of ether oxygens (including phenoxy) is 2. The Balaban J connectivity index is 2.01. The molecule has 6 nitrogen and oxygen atoms in total. The Bertz CT molecular complexity index is 1380. The second-order valence-electron chi connectivity index (χ2n) is 8.20. The molecule has 4 rings (SSSR count). The number of hydrogen-bond donors (Lipinski definition) is 1. The summed E-state index contributed by atoms with van der Waals surface area (Å²) in [5.41, 5.74) is 2.63. The van der Waals surface area contributed by atoms with Crippen molar-refractivity contribution in [2.75, 3.05) is 19.1 Å². The molecule has 35 heavy (non-hydrogen) atoms. The number of halogens is 2. The number of rotatable bonds is 5. The van der Waals surface area contributed by atoms with Crippen LogP contribution in [0.3, 0.4) is 0 Å². The summed E-state index contributed by atoms with van der Waals surface area (Å²) < 4.78 is 24.6. The fourth-order valence-corrected chi connectivity index (χ4v) is 4.38. The van der Waals surface area contributed by atoms with Crippen molar-refractivity contribution in [2.45, 2.75) is 19.9 Å². The van der Waals surface area contributed by atoms with Gasteiger partial charge >= 0.3 is 0 Å². The van der Waals surface area contributed by atoms with E-state index in [4.69, 9.17) is 21.1 Å². The molecule has 1 aliphatic heterocycles. The van der Waals surface area contributed by atoms with Crippen LogP contribution < -0.4 is 14.4 Å². The van der Waals surface area contributed by atoms with E-state index < -0.39 is 23.5 Å². The number of carbonyl (C=O) groups excluding carboxylic acids is 2. The predicted molar refractivity (Wildman–Crippen MR) is 132 cm³/mol. The first-order valence-electron chi connectivity index (χ1n) is 10.7. The lowest BCUT2D eigenvalue weighted by Crippen LogP contribution is -2.29. The normalized spacial score (nSPS) is 17.1. The van der Waals surface area contributed by atoms with Crippen molar-refractivity contribution in [3.8, 4) is 11.5 Å². The highest BCUT2D eigenvalue weighted by Gasteiger charge is 2.47. The van der Waals surface area contributed by atoms with Crippen LogP contribution in [0.2, 0.25) is 5.02 Å². The van der Waals surface area contributed by atoms with E-state index in [1.807, 2.05) is 19.1 Å². The Labute approximate surface area is 207 Å². The standard InChI is InChI=1S/C27H23ClFNO5/c1-14-5-6-15(2)18(11-14)25(31)23-24(16-7-10-21(34-3)22(12-16)35-4)30(27(33)26(23)32)17-8-9-20(29)19(28)13-17/h5-13,24,31H,1-4H3/b25-23+. The minimum Gasteiger partial charge on any atom is -0.507 e. The first-order valence-corrected chi connectivity index (χ1v) is 11.1. The number of Topliss-reactive ketones (excluding diaryl/α,β-unsaturated/α-hetero) is 1. The highest BCUT2D eigenvalue weighted by atomic mass is 35.5. The molecule has 0 aromatic heterocycles. The van der Waals surface area contributed by atoms with Gasteiger partial charge in [0.2, 0.25) is 0 Å². The monoisotopic (exact) mass is 495 g/mol.